The highest BCUT2D eigenvalue weighted by Gasteiger charge is 2.16. The van der Waals surface area contributed by atoms with Gasteiger partial charge < -0.3 is 9.64 Å². The van der Waals surface area contributed by atoms with E-state index < -0.39 is 0 Å². The van der Waals surface area contributed by atoms with Crippen LogP contribution >= 0.6 is 0 Å². The van der Waals surface area contributed by atoms with Crippen LogP contribution in [-0.4, -0.2) is 60.1 Å². The molecule has 1 saturated heterocycles. The zero-order valence-electron chi connectivity index (χ0n) is 18.5. The van der Waals surface area contributed by atoms with Crippen molar-refractivity contribution >= 4 is 5.91 Å². The van der Waals surface area contributed by atoms with Gasteiger partial charge in [0.2, 0.25) is 5.91 Å². The van der Waals surface area contributed by atoms with E-state index in [0.717, 1.165) is 56.9 Å². The highest BCUT2D eigenvalue weighted by molar-refractivity contribution is 5.79. The molecule has 2 aromatic carbocycles. The summed E-state index contributed by atoms with van der Waals surface area (Å²) in [5, 5.41) is 0. The van der Waals surface area contributed by atoms with Gasteiger partial charge in [-0.05, 0) is 40.8 Å². The number of pyridine rings is 1. The average molecular weight is 430 g/mol. The molecule has 1 amide bonds. The maximum absolute atomic E-state index is 13.2. The predicted octanol–water partition coefficient (Wildman–Crippen LogP) is 4.04. The van der Waals surface area contributed by atoms with E-state index in [-0.39, 0.29) is 5.91 Å². The molecule has 5 nitrogen and oxygen atoms in total. The lowest BCUT2D eigenvalue weighted by molar-refractivity contribution is -0.131. The Bertz CT molecular complexity index is 955. The van der Waals surface area contributed by atoms with Gasteiger partial charge in [0.05, 0.1) is 19.6 Å². The third-order valence-corrected chi connectivity index (χ3v) is 5.90. The summed E-state index contributed by atoms with van der Waals surface area (Å²) in [5.74, 6) is 0.163. The van der Waals surface area contributed by atoms with E-state index in [1.54, 1.807) is 12.4 Å². The number of carbonyl (C=O) groups excluding carboxylic acids is 1. The number of benzene rings is 2. The van der Waals surface area contributed by atoms with Crippen molar-refractivity contribution in [2.45, 2.75) is 19.4 Å². The van der Waals surface area contributed by atoms with Crippen LogP contribution in [-0.2, 0) is 22.5 Å². The minimum Gasteiger partial charge on any atom is -0.379 e. The Morgan fingerprint density at radius 3 is 2.28 bits per heavy atom. The molecule has 166 valence electrons. The number of rotatable bonds is 9. The van der Waals surface area contributed by atoms with Crippen LogP contribution in [0.3, 0.4) is 0 Å². The Morgan fingerprint density at radius 1 is 0.875 bits per heavy atom. The molecule has 0 bridgehead atoms. The molecule has 0 aliphatic carbocycles. The molecule has 0 N–H and O–H groups in total. The highest BCUT2D eigenvalue weighted by Crippen LogP contribution is 2.20. The SMILES string of the molecule is O=C(Cc1ccc(-c2ccccc2)cc1)N(CCCN1CCOCC1)Cc1ccncc1. The van der Waals surface area contributed by atoms with Crippen LogP contribution < -0.4 is 0 Å². The number of aromatic nitrogens is 1. The number of amides is 1. The minimum absolute atomic E-state index is 0.163. The summed E-state index contributed by atoms with van der Waals surface area (Å²) in [6.45, 7) is 5.93. The lowest BCUT2D eigenvalue weighted by Gasteiger charge is -2.28. The maximum atomic E-state index is 13.2. The van der Waals surface area contributed by atoms with Gasteiger partial charge in [0, 0.05) is 45.1 Å². The summed E-state index contributed by atoms with van der Waals surface area (Å²) in [6.07, 6.45) is 4.95. The van der Waals surface area contributed by atoms with Gasteiger partial charge in [-0.15, -0.1) is 0 Å². The van der Waals surface area contributed by atoms with E-state index in [4.69, 9.17) is 4.74 Å². The first-order chi connectivity index (χ1) is 15.8. The fourth-order valence-electron chi connectivity index (χ4n) is 4.04. The second-order valence-corrected chi connectivity index (χ2v) is 8.22. The molecule has 0 spiro atoms. The predicted molar refractivity (Wildman–Crippen MR) is 127 cm³/mol. The third-order valence-electron chi connectivity index (χ3n) is 5.90. The summed E-state index contributed by atoms with van der Waals surface area (Å²) >= 11 is 0. The molecular formula is C27H31N3O2. The minimum atomic E-state index is 0.163. The van der Waals surface area contributed by atoms with Gasteiger partial charge in [-0.1, -0.05) is 54.6 Å². The van der Waals surface area contributed by atoms with Crippen LogP contribution in [0.15, 0.2) is 79.1 Å². The highest BCUT2D eigenvalue weighted by atomic mass is 16.5. The van der Waals surface area contributed by atoms with Gasteiger partial charge in [-0.25, -0.2) is 0 Å². The molecule has 1 aromatic heterocycles. The zero-order chi connectivity index (χ0) is 22.0. The summed E-state index contributed by atoms with van der Waals surface area (Å²) < 4.78 is 5.44. The van der Waals surface area contributed by atoms with Crippen molar-refractivity contribution in [2.75, 3.05) is 39.4 Å². The van der Waals surface area contributed by atoms with Crippen LogP contribution in [0.5, 0.6) is 0 Å². The first-order valence-corrected chi connectivity index (χ1v) is 11.4. The van der Waals surface area contributed by atoms with Crippen molar-refractivity contribution in [1.82, 2.24) is 14.8 Å². The summed E-state index contributed by atoms with van der Waals surface area (Å²) in [6, 6.07) is 22.6. The molecule has 4 rings (SSSR count). The molecule has 0 atom stereocenters. The molecule has 1 fully saturated rings. The Labute approximate surface area is 190 Å². The number of ether oxygens (including phenoxy) is 1. The normalized spacial score (nSPS) is 14.2. The zero-order valence-corrected chi connectivity index (χ0v) is 18.5. The fraction of sp³-hybridized carbons (Fsp3) is 0.333. The van der Waals surface area contributed by atoms with E-state index in [9.17, 15) is 4.79 Å². The van der Waals surface area contributed by atoms with E-state index >= 15 is 0 Å². The van der Waals surface area contributed by atoms with E-state index in [0.29, 0.717) is 13.0 Å². The van der Waals surface area contributed by atoms with Crippen molar-refractivity contribution in [3.63, 3.8) is 0 Å². The molecule has 2 heterocycles. The van der Waals surface area contributed by atoms with Crippen molar-refractivity contribution in [3.8, 4) is 11.1 Å². The van der Waals surface area contributed by atoms with Gasteiger partial charge in [0.15, 0.2) is 0 Å². The Balaban J connectivity index is 1.38. The summed E-state index contributed by atoms with van der Waals surface area (Å²) in [5.41, 5.74) is 4.51. The number of hydrogen-bond donors (Lipinski definition) is 0. The van der Waals surface area contributed by atoms with Gasteiger partial charge in [0.1, 0.15) is 0 Å². The molecule has 0 unspecified atom stereocenters. The second-order valence-electron chi connectivity index (χ2n) is 8.22. The standard InChI is InChI=1S/C27H31N3O2/c31-27(21-23-7-9-26(10-8-23)25-5-2-1-3-6-25)30(22-24-11-13-28-14-12-24)16-4-15-29-17-19-32-20-18-29/h1-3,5-14H,4,15-22H2. The number of carbonyl (C=O) groups is 1. The molecule has 5 heteroatoms. The Kier molecular flexibility index (Phi) is 8.01. The molecule has 32 heavy (non-hydrogen) atoms. The van der Waals surface area contributed by atoms with Crippen LogP contribution in [0.25, 0.3) is 11.1 Å². The molecular weight excluding hydrogens is 398 g/mol. The van der Waals surface area contributed by atoms with Gasteiger partial charge in [-0.3, -0.25) is 14.7 Å². The largest absolute Gasteiger partial charge is 0.379 e. The maximum Gasteiger partial charge on any atom is 0.227 e. The van der Waals surface area contributed by atoms with Crippen molar-refractivity contribution in [1.29, 1.82) is 0 Å². The van der Waals surface area contributed by atoms with Gasteiger partial charge >= 0.3 is 0 Å². The van der Waals surface area contributed by atoms with Crippen molar-refractivity contribution in [2.24, 2.45) is 0 Å². The average Bonchev–Trinajstić information content (AvgIpc) is 2.86. The summed E-state index contributed by atoms with van der Waals surface area (Å²) in [4.78, 5) is 21.7. The van der Waals surface area contributed by atoms with Crippen LogP contribution in [0.1, 0.15) is 17.5 Å². The summed E-state index contributed by atoms with van der Waals surface area (Å²) in [7, 11) is 0. The molecule has 1 aliphatic rings. The number of morpholine rings is 1. The van der Waals surface area contributed by atoms with E-state index in [1.807, 2.05) is 35.2 Å². The number of hydrogen-bond acceptors (Lipinski definition) is 4. The lowest BCUT2D eigenvalue weighted by Crippen LogP contribution is -2.39. The van der Waals surface area contributed by atoms with Gasteiger partial charge in [0.25, 0.3) is 0 Å². The topological polar surface area (TPSA) is 45.7 Å². The fourth-order valence-corrected chi connectivity index (χ4v) is 4.04. The quantitative estimate of drug-likeness (QED) is 0.515. The first-order valence-electron chi connectivity index (χ1n) is 11.4. The van der Waals surface area contributed by atoms with Crippen molar-refractivity contribution in [3.05, 3.63) is 90.3 Å². The van der Waals surface area contributed by atoms with Crippen LogP contribution in [0.2, 0.25) is 0 Å². The van der Waals surface area contributed by atoms with E-state index in [2.05, 4.69) is 46.3 Å². The third kappa shape index (κ3) is 6.49. The van der Waals surface area contributed by atoms with Gasteiger partial charge in [-0.2, -0.15) is 0 Å². The van der Waals surface area contributed by atoms with E-state index in [1.165, 1.54) is 11.1 Å². The molecule has 1 aliphatic heterocycles. The Morgan fingerprint density at radius 2 is 1.56 bits per heavy atom. The monoisotopic (exact) mass is 429 g/mol. The smallest absolute Gasteiger partial charge is 0.227 e. The lowest BCUT2D eigenvalue weighted by atomic mass is 10.0. The molecule has 0 radical (unpaired) electrons. The van der Waals surface area contributed by atoms with Crippen LogP contribution in [0.4, 0.5) is 0 Å². The van der Waals surface area contributed by atoms with Crippen LogP contribution in [0, 0.1) is 0 Å². The first kappa shape index (κ1) is 22.2. The Hall–Kier alpha value is -3.02. The van der Waals surface area contributed by atoms with Crippen molar-refractivity contribution < 1.29 is 9.53 Å². The molecule has 0 saturated carbocycles. The number of nitrogens with zero attached hydrogens (tertiary/aromatic N) is 3. The second kappa shape index (κ2) is 11.6. The molecule has 3 aromatic rings.